The zero-order valence-electron chi connectivity index (χ0n) is 11.8. The molecule has 4 nitrogen and oxygen atoms in total. The summed E-state index contributed by atoms with van der Waals surface area (Å²) in [5.41, 5.74) is 9.15. The molecule has 0 bridgehead atoms. The van der Waals surface area contributed by atoms with E-state index < -0.39 is 0 Å². The summed E-state index contributed by atoms with van der Waals surface area (Å²) in [7, 11) is 0. The fourth-order valence-electron chi connectivity index (χ4n) is 2.61. The van der Waals surface area contributed by atoms with Crippen molar-refractivity contribution in [1.82, 2.24) is 4.98 Å². The van der Waals surface area contributed by atoms with Crippen LogP contribution in [-0.2, 0) is 0 Å². The third kappa shape index (κ3) is 2.69. The summed E-state index contributed by atoms with van der Waals surface area (Å²) in [5, 5.41) is 0. The summed E-state index contributed by atoms with van der Waals surface area (Å²) >= 11 is 0. The standard InChI is InChI=1S/C16H20N4/c1-13-5-6-18-16(11-13)20-9-7-19(8-10-20)15-4-2-3-14(17)12-15/h2-6,11-12H,7-10,17H2,1H3. The van der Waals surface area contributed by atoms with Crippen molar-refractivity contribution < 1.29 is 0 Å². The van der Waals surface area contributed by atoms with Crippen molar-refractivity contribution in [2.45, 2.75) is 6.92 Å². The second-order valence-electron chi connectivity index (χ2n) is 5.26. The highest BCUT2D eigenvalue weighted by Gasteiger charge is 2.18. The molecule has 1 fully saturated rings. The van der Waals surface area contributed by atoms with Gasteiger partial charge in [-0.05, 0) is 42.8 Å². The van der Waals surface area contributed by atoms with Gasteiger partial charge in [-0.15, -0.1) is 0 Å². The van der Waals surface area contributed by atoms with E-state index in [9.17, 15) is 0 Å². The molecular formula is C16H20N4. The van der Waals surface area contributed by atoms with Gasteiger partial charge in [0.15, 0.2) is 0 Å². The number of aryl methyl sites for hydroxylation is 1. The highest BCUT2D eigenvalue weighted by atomic mass is 15.3. The molecule has 1 aliphatic heterocycles. The van der Waals surface area contributed by atoms with Crippen LogP contribution in [-0.4, -0.2) is 31.2 Å². The fraction of sp³-hybridized carbons (Fsp3) is 0.312. The lowest BCUT2D eigenvalue weighted by molar-refractivity contribution is 0.647. The maximum Gasteiger partial charge on any atom is 0.128 e. The number of nitrogens with two attached hydrogens (primary N) is 1. The molecule has 1 aromatic carbocycles. The smallest absolute Gasteiger partial charge is 0.128 e. The van der Waals surface area contributed by atoms with E-state index in [1.165, 1.54) is 11.3 Å². The number of piperazine rings is 1. The van der Waals surface area contributed by atoms with Gasteiger partial charge in [0, 0.05) is 43.8 Å². The van der Waals surface area contributed by atoms with Crippen LogP contribution in [0.4, 0.5) is 17.2 Å². The molecule has 4 heteroatoms. The van der Waals surface area contributed by atoms with Gasteiger partial charge in [-0.1, -0.05) is 6.07 Å². The molecular weight excluding hydrogens is 248 g/mol. The Bertz CT molecular complexity index is 535. The predicted octanol–water partition coefficient (Wildman–Crippen LogP) is 2.30. The largest absolute Gasteiger partial charge is 0.399 e. The van der Waals surface area contributed by atoms with Crippen molar-refractivity contribution in [2.24, 2.45) is 0 Å². The summed E-state index contributed by atoms with van der Waals surface area (Å²) in [6, 6.07) is 12.3. The lowest BCUT2D eigenvalue weighted by Crippen LogP contribution is -2.46. The molecule has 2 N–H and O–H groups in total. The van der Waals surface area contributed by atoms with Gasteiger partial charge >= 0.3 is 0 Å². The van der Waals surface area contributed by atoms with Gasteiger partial charge in [0.2, 0.25) is 0 Å². The van der Waals surface area contributed by atoms with Crippen LogP contribution in [0.2, 0.25) is 0 Å². The molecule has 1 aromatic heterocycles. The number of benzene rings is 1. The lowest BCUT2D eigenvalue weighted by atomic mass is 10.2. The molecule has 2 aromatic rings. The van der Waals surface area contributed by atoms with Gasteiger partial charge in [0.25, 0.3) is 0 Å². The summed E-state index contributed by atoms with van der Waals surface area (Å²) in [5.74, 6) is 1.08. The number of anilines is 3. The van der Waals surface area contributed by atoms with Crippen LogP contribution in [0, 0.1) is 6.92 Å². The lowest BCUT2D eigenvalue weighted by Gasteiger charge is -2.36. The van der Waals surface area contributed by atoms with Gasteiger partial charge in [0.1, 0.15) is 5.82 Å². The molecule has 0 atom stereocenters. The van der Waals surface area contributed by atoms with Crippen molar-refractivity contribution in [2.75, 3.05) is 41.7 Å². The Balaban J connectivity index is 1.68. The van der Waals surface area contributed by atoms with Crippen molar-refractivity contribution in [3.05, 3.63) is 48.2 Å². The van der Waals surface area contributed by atoms with Crippen LogP contribution in [0.5, 0.6) is 0 Å². The quantitative estimate of drug-likeness (QED) is 0.849. The van der Waals surface area contributed by atoms with E-state index in [1.807, 2.05) is 30.5 Å². The van der Waals surface area contributed by atoms with Crippen LogP contribution in [0.1, 0.15) is 5.56 Å². The second-order valence-corrected chi connectivity index (χ2v) is 5.26. The first-order valence-electron chi connectivity index (χ1n) is 7.00. The number of nitrogens with zero attached hydrogens (tertiary/aromatic N) is 3. The number of aromatic nitrogens is 1. The number of rotatable bonds is 2. The van der Waals surface area contributed by atoms with Crippen molar-refractivity contribution >= 4 is 17.2 Å². The average Bonchev–Trinajstić information content (AvgIpc) is 2.47. The van der Waals surface area contributed by atoms with Crippen LogP contribution in [0.3, 0.4) is 0 Å². The SMILES string of the molecule is Cc1ccnc(N2CCN(c3cccc(N)c3)CC2)c1. The summed E-state index contributed by atoms with van der Waals surface area (Å²) < 4.78 is 0. The van der Waals surface area contributed by atoms with Gasteiger partial charge < -0.3 is 15.5 Å². The molecule has 2 heterocycles. The Labute approximate surface area is 119 Å². The topological polar surface area (TPSA) is 45.4 Å². The van der Waals surface area contributed by atoms with E-state index in [2.05, 4.69) is 33.8 Å². The van der Waals surface area contributed by atoms with Crippen LogP contribution < -0.4 is 15.5 Å². The van der Waals surface area contributed by atoms with Crippen LogP contribution >= 0.6 is 0 Å². The number of hydrogen-bond donors (Lipinski definition) is 1. The zero-order chi connectivity index (χ0) is 13.9. The minimum atomic E-state index is 0.824. The van der Waals surface area contributed by atoms with Gasteiger partial charge in [0.05, 0.1) is 0 Å². The Morgan fingerprint density at radius 3 is 2.45 bits per heavy atom. The Morgan fingerprint density at radius 2 is 1.75 bits per heavy atom. The minimum Gasteiger partial charge on any atom is -0.399 e. The van der Waals surface area contributed by atoms with E-state index in [0.717, 1.165) is 37.7 Å². The van der Waals surface area contributed by atoms with E-state index in [-0.39, 0.29) is 0 Å². The highest BCUT2D eigenvalue weighted by molar-refractivity contribution is 5.57. The zero-order valence-corrected chi connectivity index (χ0v) is 11.8. The summed E-state index contributed by atoms with van der Waals surface area (Å²) in [6.45, 7) is 6.09. The van der Waals surface area contributed by atoms with E-state index in [4.69, 9.17) is 5.73 Å². The monoisotopic (exact) mass is 268 g/mol. The molecule has 1 saturated heterocycles. The molecule has 1 aliphatic rings. The van der Waals surface area contributed by atoms with Crippen molar-refractivity contribution in [3.8, 4) is 0 Å². The number of nitrogen functional groups attached to an aromatic ring is 1. The van der Waals surface area contributed by atoms with Crippen molar-refractivity contribution in [1.29, 1.82) is 0 Å². The minimum absolute atomic E-state index is 0.824. The number of hydrogen-bond acceptors (Lipinski definition) is 4. The molecule has 0 spiro atoms. The van der Waals surface area contributed by atoms with Gasteiger partial charge in [-0.2, -0.15) is 0 Å². The maximum absolute atomic E-state index is 5.85. The highest BCUT2D eigenvalue weighted by Crippen LogP contribution is 2.21. The normalized spacial score (nSPS) is 15.4. The van der Waals surface area contributed by atoms with E-state index in [0.29, 0.717) is 0 Å². The fourth-order valence-corrected chi connectivity index (χ4v) is 2.61. The molecule has 0 radical (unpaired) electrons. The molecule has 104 valence electrons. The molecule has 20 heavy (non-hydrogen) atoms. The Kier molecular flexibility index (Phi) is 3.46. The van der Waals surface area contributed by atoms with Crippen LogP contribution in [0.15, 0.2) is 42.6 Å². The van der Waals surface area contributed by atoms with E-state index in [1.54, 1.807) is 0 Å². The third-order valence-electron chi connectivity index (χ3n) is 3.74. The van der Waals surface area contributed by atoms with Gasteiger partial charge in [-0.25, -0.2) is 4.98 Å². The van der Waals surface area contributed by atoms with Gasteiger partial charge in [-0.3, -0.25) is 0 Å². The first-order valence-corrected chi connectivity index (χ1v) is 7.00. The first-order chi connectivity index (χ1) is 9.72. The van der Waals surface area contributed by atoms with E-state index >= 15 is 0 Å². The Morgan fingerprint density at radius 1 is 1.00 bits per heavy atom. The summed E-state index contributed by atoms with van der Waals surface area (Å²) in [6.07, 6.45) is 1.88. The maximum atomic E-state index is 5.85. The van der Waals surface area contributed by atoms with Crippen molar-refractivity contribution in [3.63, 3.8) is 0 Å². The predicted molar refractivity (Wildman–Crippen MR) is 84.3 cm³/mol. The van der Waals surface area contributed by atoms with Crippen LogP contribution in [0.25, 0.3) is 0 Å². The second kappa shape index (κ2) is 5.41. The third-order valence-corrected chi connectivity index (χ3v) is 3.74. The molecule has 0 aliphatic carbocycles. The molecule has 0 amide bonds. The Hall–Kier alpha value is -2.23. The molecule has 0 unspecified atom stereocenters. The average molecular weight is 268 g/mol. The molecule has 3 rings (SSSR count). The summed E-state index contributed by atoms with van der Waals surface area (Å²) in [4.78, 5) is 9.18. The first kappa shape index (κ1) is 12.8. The number of pyridine rings is 1. The molecule has 0 saturated carbocycles.